The van der Waals surface area contributed by atoms with E-state index in [1.165, 1.54) is 65.4 Å². The van der Waals surface area contributed by atoms with Gasteiger partial charge in [-0.2, -0.15) is 0 Å². The van der Waals surface area contributed by atoms with Crippen molar-refractivity contribution >= 4 is 157 Å². The number of aryl methyl sites for hydroxylation is 3. The van der Waals surface area contributed by atoms with Gasteiger partial charge in [-0.05, 0) is 132 Å². The zero-order chi connectivity index (χ0) is 70.0. The molecule has 6 aromatic carbocycles. The van der Waals surface area contributed by atoms with E-state index < -0.39 is 14.0 Å². The van der Waals surface area contributed by atoms with Crippen LogP contribution in [-0.4, -0.2) is 82.9 Å². The zero-order valence-electron chi connectivity index (χ0n) is 61.3. The Bertz CT molecular complexity index is 2850. The molecule has 0 spiro atoms. The van der Waals surface area contributed by atoms with E-state index in [4.69, 9.17) is 27.9 Å². The third-order valence-corrected chi connectivity index (χ3v) is 15.6. The normalized spacial score (nSPS) is 15.7. The maximum Gasteiger partial charge on any atom is 0.488 e. The van der Waals surface area contributed by atoms with Crippen molar-refractivity contribution in [3.05, 3.63) is 146 Å². The first-order valence-corrected chi connectivity index (χ1v) is 37.9. The lowest BCUT2D eigenvalue weighted by molar-refractivity contribution is 0.00578. The first-order chi connectivity index (χ1) is 42.7. The van der Waals surface area contributed by atoms with Crippen molar-refractivity contribution in [1.82, 2.24) is 13.7 Å². The molecule has 3 aliphatic heterocycles. The summed E-state index contributed by atoms with van der Waals surface area (Å²) in [7, 11) is 5.33. The molecule has 6 heterocycles. The molecule has 16 heteroatoms. The maximum absolute atomic E-state index is 5.96. The van der Waals surface area contributed by atoms with Crippen molar-refractivity contribution in [3.8, 4) is 0 Å². The minimum absolute atomic E-state index is 0.0648. The lowest BCUT2D eigenvalue weighted by atomic mass is 9.49. The van der Waals surface area contributed by atoms with E-state index in [1.807, 2.05) is 158 Å². The summed E-state index contributed by atoms with van der Waals surface area (Å²) in [6, 6.07) is 51.1. The molecule has 0 atom stereocenters. The largest absolute Gasteiger partial charge is 0.488 e. The van der Waals surface area contributed by atoms with Crippen LogP contribution in [-0.2, 0) is 49.1 Å². The first kappa shape index (κ1) is 88.9. The predicted molar refractivity (Wildman–Crippen MR) is 426 cm³/mol. The standard InChI is InChI=1S/3C13H11N.C12H24B2O4.C7H15BO2.C2H5Br.6C2H6.CH2BrI.CH3Br/c3*1-14-12-8-4-2-6-10(12)11-7-3-5-9-13(11)14;1-9(2)10(3,4)16-13(15-9)14-17-11(5,6)12(7,8)18-14;1-6(2)7(3,4)10-8(5)9-6;1-2-3;6*1-2;2-1-3;1-2/h3*2-9H,1H3;1-8H3;1-5H3;2H2,1H3;6*1-2H3;1H2;1H3. The van der Waals surface area contributed by atoms with Crippen LogP contribution in [0.3, 0.4) is 0 Å². The lowest BCUT2D eigenvalue weighted by Gasteiger charge is -2.32. The number of benzene rings is 6. The smallest absolute Gasteiger partial charge is 0.405 e. The second-order valence-corrected chi connectivity index (χ2v) is 26.8. The molecule has 3 fully saturated rings. The van der Waals surface area contributed by atoms with Gasteiger partial charge in [0.15, 0.2) is 0 Å². The molecule has 9 aromatic rings. The predicted octanol–water partition coefficient (Wildman–Crippen LogP) is 24.3. The number of fused-ring (bicyclic) bond motifs is 9. The summed E-state index contributed by atoms with van der Waals surface area (Å²) in [5, 5.41) is 9.09. The molecular formula is C74H118B3Br3IN3O6. The van der Waals surface area contributed by atoms with Gasteiger partial charge in [-0.25, -0.2) is 0 Å². The highest BCUT2D eigenvalue weighted by atomic mass is 127. The van der Waals surface area contributed by atoms with Crippen LogP contribution >= 0.6 is 70.4 Å². The van der Waals surface area contributed by atoms with Gasteiger partial charge in [-0.15, -0.1) is 0 Å². The van der Waals surface area contributed by atoms with Crippen molar-refractivity contribution in [1.29, 1.82) is 0 Å². The molecule has 0 bridgehead atoms. The average Bonchev–Trinajstić information content (AvgIpc) is 1.64. The molecule has 0 amide bonds. The molecule has 0 unspecified atom stereocenters. The second-order valence-electron chi connectivity index (χ2n) is 22.2. The number of rotatable bonds is 1. The molecule has 9 nitrogen and oxygen atoms in total. The summed E-state index contributed by atoms with van der Waals surface area (Å²) in [4.78, 5) is 0. The fourth-order valence-electron chi connectivity index (χ4n) is 9.49. The Morgan fingerprint density at radius 3 is 0.567 bits per heavy atom. The van der Waals surface area contributed by atoms with E-state index in [0.29, 0.717) is 0 Å². The summed E-state index contributed by atoms with van der Waals surface area (Å²) in [5.41, 5.74) is 6.04. The van der Waals surface area contributed by atoms with Gasteiger partial charge in [0.25, 0.3) is 0 Å². The molecule has 12 rings (SSSR count). The fraction of sp³-hybridized carbons (Fsp3) is 0.514. The van der Waals surface area contributed by atoms with Crippen LogP contribution in [0.2, 0.25) is 6.82 Å². The van der Waals surface area contributed by atoms with Crippen LogP contribution in [0.15, 0.2) is 146 Å². The number of alkyl halides is 4. The van der Waals surface area contributed by atoms with Crippen molar-refractivity contribution in [2.45, 2.75) is 214 Å². The molecule has 0 radical (unpaired) electrons. The van der Waals surface area contributed by atoms with Gasteiger partial charge in [0, 0.05) is 91.9 Å². The Hall–Kier alpha value is -3.16. The van der Waals surface area contributed by atoms with E-state index in [1.54, 1.807) is 0 Å². The summed E-state index contributed by atoms with van der Waals surface area (Å²) >= 11 is 11.4. The first-order valence-electron chi connectivity index (χ1n) is 32.6. The van der Waals surface area contributed by atoms with Gasteiger partial charge in [-0.3, -0.25) is 0 Å². The summed E-state index contributed by atoms with van der Waals surface area (Å²) in [6.45, 7) is 52.4. The van der Waals surface area contributed by atoms with E-state index in [9.17, 15) is 0 Å². The number of para-hydroxylation sites is 6. The minimum Gasteiger partial charge on any atom is -0.405 e. The Morgan fingerprint density at radius 2 is 0.444 bits per heavy atom. The molecule has 0 saturated carbocycles. The van der Waals surface area contributed by atoms with Crippen molar-refractivity contribution in [2.24, 2.45) is 21.1 Å². The quantitative estimate of drug-likeness (QED) is 0.0927. The van der Waals surface area contributed by atoms with Gasteiger partial charge in [0.1, 0.15) is 0 Å². The SMILES string of the molecule is BrCI.CB1OC(C)(C)C(C)(C)O1.CBr.CC.CC.CC.CC.CC.CC.CC1(C)OB(B2OC(C)(C)C(C)(C)O2)OC1(C)C.CCBr.Cn1c2ccccc2c2ccccc21.Cn1c2ccccc2c2ccccc21.Cn1c2ccccc2c2ccccc21. The summed E-state index contributed by atoms with van der Waals surface area (Å²) in [6.07, 6.45) is 0. The van der Waals surface area contributed by atoms with Crippen molar-refractivity contribution in [2.75, 3.05) is 14.5 Å². The average molecular weight is 1540 g/mol. The third-order valence-electron chi connectivity index (χ3n) is 15.6. The molecule has 3 aromatic heterocycles. The van der Waals surface area contributed by atoms with Gasteiger partial charge >= 0.3 is 21.1 Å². The van der Waals surface area contributed by atoms with E-state index in [0.717, 1.165) is 8.67 Å². The van der Waals surface area contributed by atoms with E-state index >= 15 is 0 Å². The Balaban J connectivity index is 0. The number of hydrogen-bond donors (Lipinski definition) is 0. The van der Waals surface area contributed by atoms with Crippen molar-refractivity contribution in [3.63, 3.8) is 0 Å². The molecular weight excluding hydrogens is 1430 g/mol. The number of aromatic nitrogens is 3. The van der Waals surface area contributed by atoms with Crippen LogP contribution in [0.5, 0.6) is 0 Å². The Kier molecular flexibility index (Phi) is 43.2. The van der Waals surface area contributed by atoms with Crippen LogP contribution in [0, 0.1) is 0 Å². The summed E-state index contributed by atoms with van der Waals surface area (Å²) < 4.78 is 42.7. The third kappa shape index (κ3) is 23.3. The highest BCUT2D eigenvalue weighted by Gasteiger charge is 2.63. The van der Waals surface area contributed by atoms with Crippen LogP contribution in [0.4, 0.5) is 0 Å². The van der Waals surface area contributed by atoms with Gasteiger partial charge in [0.05, 0.1) is 36.9 Å². The molecule has 3 aliphatic rings. The number of hydrogen-bond acceptors (Lipinski definition) is 6. The second kappa shape index (κ2) is 43.8. The minimum atomic E-state index is -0.476. The highest BCUT2D eigenvalue weighted by Crippen LogP contribution is 2.43. The highest BCUT2D eigenvalue weighted by molar-refractivity contribution is 14.1. The fourth-order valence-corrected chi connectivity index (χ4v) is 9.49. The van der Waals surface area contributed by atoms with E-state index in [2.05, 4.69) is 279 Å². The van der Waals surface area contributed by atoms with Crippen molar-refractivity contribution < 1.29 is 27.9 Å². The van der Waals surface area contributed by atoms with Crippen LogP contribution in [0.1, 0.15) is 173 Å². The molecule has 90 heavy (non-hydrogen) atoms. The monoisotopic (exact) mass is 1540 g/mol. The van der Waals surface area contributed by atoms with Gasteiger partial charge < -0.3 is 41.6 Å². The van der Waals surface area contributed by atoms with Gasteiger partial charge in [0.2, 0.25) is 0 Å². The van der Waals surface area contributed by atoms with E-state index in [-0.39, 0.29) is 40.7 Å². The molecule has 3 saturated heterocycles. The van der Waals surface area contributed by atoms with Crippen LogP contribution in [0.25, 0.3) is 65.4 Å². The Morgan fingerprint density at radius 1 is 0.322 bits per heavy atom. The summed E-state index contributed by atoms with van der Waals surface area (Å²) in [5.74, 6) is 1.81. The molecule has 0 aliphatic carbocycles. The number of halogens is 4. The van der Waals surface area contributed by atoms with Gasteiger partial charge in [-0.1, -0.05) is 270 Å². The zero-order valence-corrected chi connectivity index (χ0v) is 68.2. The maximum atomic E-state index is 5.96. The topological polar surface area (TPSA) is 70.2 Å². The molecule has 502 valence electrons. The lowest BCUT2D eigenvalue weighted by Crippen LogP contribution is -2.41. The van der Waals surface area contributed by atoms with Crippen LogP contribution < -0.4 is 0 Å². The number of nitrogens with zero attached hydrogens (tertiary/aromatic N) is 3. The Labute approximate surface area is 588 Å². The molecule has 0 N–H and O–H groups in total.